The molecule has 3 heterocycles. The minimum absolute atomic E-state index is 0.0513. The molecule has 12 heteroatoms. The number of unbranched alkanes of at least 4 members (excludes halogenated alkanes) is 1. The molecular formula is C21H24F3N7O2. The summed E-state index contributed by atoms with van der Waals surface area (Å²) in [5.41, 5.74) is 6.84. The number of carbonyl (C=O) groups is 1. The number of imidazole rings is 1. The van der Waals surface area contributed by atoms with E-state index in [4.69, 9.17) is 10.5 Å². The van der Waals surface area contributed by atoms with Gasteiger partial charge in [-0.25, -0.2) is 9.78 Å². The number of hydrogen-bond acceptors (Lipinski definition) is 7. The van der Waals surface area contributed by atoms with Crippen molar-refractivity contribution >= 4 is 29.0 Å². The molecular weight excluding hydrogens is 439 g/mol. The number of hydrogen-bond donors (Lipinski definition) is 2. The summed E-state index contributed by atoms with van der Waals surface area (Å²) in [5, 5.41) is 2.46. The van der Waals surface area contributed by atoms with E-state index in [0.717, 1.165) is 31.6 Å². The van der Waals surface area contributed by atoms with Gasteiger partial charge in [-0.2, -0.15) is 23.1 Å². The summed E-state index contributed by atoms with van der Waals surface area (Å²) in [6, 6.07) is 4.79. The highest BCUT2D eigenvalue weighted by atomic mass is 19.4. The van der Waals surface area contributed by atoms with Gasteiger partial charge in [-0.15, -0.1) is 0 Å². The van der Waals surface area contributed by atoms with Gasteiger partial charge >= 0.3 is 12.3 Å². The zero-order valence-corrected chi connectivity index (χ0v) is 17.8. The predicted molar refractivity (Wildman–Crippen MR) is 115 cm³/mol. The van der Waals surface area contributed by atoms with Crippen LogP contribution in [0.4, 0.5) is 29.7 Å². The van der Waals surface area contributed by atoms with Gasteiger partial charge < -0.3 is 25.3 Å². The molecule has 0 atom stereocenters. The molecule has 0 unspecified atom stereocenters. The predicted octanol–water partition coefficient (Wildman–Crippen LogP) is 3.34. The first-order valence-corrected chi connectivity index (χ1v) is 10.6. The molecule has 0 spiro atoms. The van der Waals surface area contributed by atoms with Crippen LogP contribution in [0.5, 0.6) is 0 Å². The Kier molecular flexibility index (Phi) is 6.52. The van der Waals surface area contributed by atoms with E-state index in [0.29, 0.717) is 47.9 Å². The molecule has 2 aromatic heterocycles. The lowest BCUT2D eigenvalue weighted by Gasteiger charge is -2.30. The Morgan fingerprint density at radius 3 is 2.76 bits per heavy atom. The summed E-state index contributed by atoms with van der Waals surface area (Å²) < 4.78 is 45.3. The molecule has 4 rings (SSSR count). The van der Waals surface area contributed by atoms with Gasteiger partial charge in [-0.1, -0.05) is 12.1 Å². The molecule has 9 nitrogen and oxygen atoms in total. The topological polar surface area (TPSA) is 111 Å². The molecule has 0 radical (unpaired) electrons. The second-order valence-electron chi connectivity index (χ2n) is 7.75. The number of nitrogens with zero attached hydrogens (tertiary/aromatic N) is 5. The van der Waals surface area contributed by atoms with Crippen molar-refractivity contribution in [3.05, 3.63) is 41.7 Å². The van der Waals surface area contributed by atoms with Crippen LogP contribution in [0.2, 0.25) is 0 Å². The third-order valence-electron chi connectivity index (χ3n) is 5.34. The number of benzene rings is 1. The fourth-order valence-corrected chi connectivity index (χ4v) is 3.41. The Hall–Kier alpha value is -3.57. The number of aromatic nitrogens is 4. The third-order valence-corrected chi connectivity index (χ3v) is 5.34. The van der Waals surface area contributed by atoms with Gasteiger partial charge in [0.15, 0.2) is 11.5 Å². The third kappa shape index (κ3) is 5.44. The van der Waals surface area contributed by atoms with Crippen LogP contribution in [-0.4, -0.2) is 45.3 Å². The van der Waals surface area contributed by atoms with Gasteiger partial charge in [0, 0.05) is 26.2 Å². The van der Waals surface area contributed by atoms with Crippen LogP contribution in [0.15, 0.2) is 30.6 Å². The maximum atomic E-state index is 12.8. The highest BCUT2D eigenvalue weighted by molar-refractivity contribution is 5.83. The molecule has 3 aromatic rings. The van der Waals surface area contributed by atoms with Crippen molar-refractivity contribution in [3.8, 4) is 0 Å². The van der Waals surface area contributed by atoms with E-state index in [2.05, 4.69) is 25.2 Å². The fourth-order valence-electron chi connectivity index (χ4n) is 3.41. The van der Waals surface area contributed by atoms with Gasteiger partial charge in [-0.05, 0) is 37.0 Å². The first-order chi connectivity index (χ1) is 15.8. The Labute approximate surface area is 187 Å². The first kappa shape index (κ1) is 22.6. The van der Waals surface area contributed by atoms with Crippen molar-refractivity contribution in [1.82, 2.24) is 24.8 Å². The summed E-state index contributed by atoms with van der Waals surface area (Å²) in [6.45, 7) is 2.56. The molecule has 1 aliphatic heterocycles. The number of rotatable bonds is 8. The van der Waals surface area contributed by atoms with Crippen LogP contribution in [0.1, 0.15) is 30.4 Å². The minimum Gasteiger partial charge on any atom is -0.450 e. The summed E-state index contributed by atoms with van der Waals surface area (Å²) in [4.78, 5) is 27.1. The van der Waals surface area contributed by atoms with Crippen molar-refractivity contribution < 1.29 is 22.7 Å². The maximum absolute atomic E-state index is 12.8. The summed E-state index contributed by atoms with van der Waals surface area (Å²) in [6.07, 6.45) is -1.04. The van der Waals surface area contributed by atoms with Gasteiger partial charge in [0.1, 0.15) is 5.52 Å². The van der Waals surface area contributed by atoms with Crippen molar-refractivity contribution in [1.29, 1.82) is 0 Å². The minimum atomic E-state index is -4.43. The van der Waals surface area contributed by atoms with Crippen LogP contribution in [0, 0.1) is 0 Å². The standard InChI is InChI=1S/C21H24F3N7O2/c22-21(23,24)15-6-3-5-14(11-15)12-26-20(32)33-10-2-1-7-31-13-27-16-17(25)28-19(29-18(16)31)30-8-4-9-30/h3,5-6,11,13H,1-2,4,7-10,12H2,(H,26,32)(H2,25,28,29). The van der Waals surface area contributed by atoms with E-state index in [-0.39, 0.29) is 13.2 Å². The fraction of sp³-hybridized carbons (Fsp3) is 0.429. The van der Waals surface area contributed by atoms with Crippen LogP contribution < -0.4 is 16.0 Å². The van der Waals surface area contributed by atoms with Crippen LogP contribution in [0.3, 0.4) is 0 Å². The van der Waals surface area contributed by atoms with Crippen LogP contribution >= 0.6 is 0 Å². The summed E-state index contributed by atoms with van der Waals surface area (Å²) in [5.74, 6) is 0.954. The van der Waals surface area contributed by atoms with E-state index in [1.54, 1.807) is 6.33 Å². The first-order valence-electron chi connectivity index (χ1n) is 10.6. The van der Waals surface area contributed by atoms with Crippen molar-refractivity contribution in [2.45, 2.75) is 38.5 Å². The van der Waals surface area contributed by atoms with Crippen molar-refractivity contribution in [3.63, 3.8) is 0 Å². The number of halogens is 3. The number of amides is 1. The Bertz CT molecular complexity index is 1130. The lowest BCUT2D eigenvalue weighted by molar-refractivity contribution is -0.137. The normalized spacial score (nSPS) is 13.7. The Morgan fingerprint density at radius 1 is 1.21 bits per heavy atom. The van der Waals surface area contributed by atoms with Crippen molar-refractivity contribution in [2.24, 2.45) is 0 Å². The number of ether oxygens (including phenoxy) is 1. The van der Waals surface area contributed by atoms with Crippen molar-refractivity contribution in [2.75, 3.05) is 30.3 Å². The number of alkyl carbamates (subject to hydrolysis) is 1. The zero-order valence-electron chi connectivity index (χ0n) is 17.8. The molecule has 3 N–H and O–H groups in total. The average molecular weight is 463 g/mol. The van der Waals surface area contributed by atoms with E-state index in [1.807, 2.05) is 4.57 Å². The quantitative estimate of drug-likeness (QED) is 0.493. The number of carbonyl (C=O) groups excluding carboxylic acids is 1. The van der Waals surface area contributed by atoms with Gasteiger partial charge in [0.05, 0.1) is 18.5 Å². The largest absolute Gasteiger partial charge is 0.450 e. The molecule has 0 aliphatic carbocycles. The molecule has 1 aliphatic rings. The molecule has 1 amide bonds. The highest BCUT2D eigenvalue weighted by Gasteiger charge is 2.30. The lowest BCUT2D eigenvalue weighted by Crippen LogP contribution is -2.38. The number of anilines is 2. The number of nitrogens with one attached hydrogen (secondary N) is 1. The van der Waals surface area contributed by atoms with E-state index >= 15 is 0 Å². The second kappa shape index (κ2) is 9.51. The highest BCUT2D eigenvalue weighted by Crippen LogP contribution is 2.29. The molecule has 176 valence electrons. The number of fused-ring (bicyclic) bond motifs is 1. The lowest BCUT2D eigenvalue weighted by atomic mass is 10.1. The number of alkyl halides is 3. The molecule has 0 bridgehead atoms. The average Bonchev–Trinajstić information content (AvgIpc) is 3.14. The maximum Gasteiger partial charge on any atom is 0.416 e. The Morgan fingerprint density at radius 2 is 2.03 bits per heavy atom. The zero-order chi connectivity index (χ0) is 23.4. The van der Waals surface area contributed by atoms with Gasteiger partial charge in [0.25, 0.3) is 0 Å². The number of aryl methyl sites for hydroxylation is 1. The smallest absolute Gasteiger partial charge is 0.416 e. The molecule has 1 fully saturated rings. The molecule has 1 saturated heterocycles. The number of nitrogens with two attached hydrogens (primary N) is 1. The Balaban J connectivity index is 1.21. The monoisotopic (exact) mass is 463 g/mol. The van der Waals surface area contributed by atoms with Gasteiger partial charge in [-0.3, -0.25) is 0 Å². The molecule has 1 aromatic carbocycles. The van der Waals surface area contributed by atoms with E-state index in [1.165, 1.54) is 12.1 Å². The number of nitrogen functional groups attached to an aromatic ring is 1. The van der Waals surface area contributed by atoms with E-state index < -0.39 is 17.8 Å². The van der Waals surface area contributed by atoms with Crippen LogP contribution in [0.25, 0.3) is 11.2 Å². The SMILES string of the molecule is Nc1nc(N2CCC2)nc2c1ncn2CCCCOC(=O)NCc1cccc(C(F)(F)F)c1. The second-order valence-corrected chi connectivity index (χ2v) is 7.75. The summed E-state index contributed by atoms with van der Waals surface area (Å²) >= 11 is 0. The molecule has 33 heavy (non-hydrogen) atoms. The van der Waals surface area contributed by atoms with Crippen LogP contribution in [-0.2, 0) is 24.0 Å². The molecule has 0 saturated carbocycles. The summed E-state index contributed by atoms with van der Waals surface area (Å²) in [7, 11) is 0. The van der Waals surface area contributed by atoms with E-state index in [9.17, 15) is 18.0 Å². The van der Waals surface area contributed by atoms with Gasteiger partial charge in [0.2, 0.25) is 5.95 Å².